The van der Waals surface area contributed by atoms with E-state index >= 15 is 0 Å². The molecule has 2 rings (SSSR count). The minimum absolute atomic E-state index is 0.881. The van der Waals surface area contributed by atoms with Crippen molar-refractivity contribution in [3.63, 3.8) is 0 Å². The highest BCUT2D eigenvalue weighted by atomic mass is 127. The largest absolute Gasteiger partial charge is 0.398 e. The van der Waals surface area contributed by atoms with Crippen molar-refractivity contribution in [2.24, 2.45) is 0 Å². The summed E-state index contributed by atoms with van der Waals surface area (Å²) in [5, 5.41) is 0. The standard InChI is InChI=1S/C11H15IN2/c12-10-8-9(4-5-11(10)13)14-6-2-1-3-7-14/h4-5,8H,1-3,6-7,13H2. The van der Waals surface area contributed by atoms with Gasteiger partial charge in [-0.1, -0.05) is 0 Å². The van der Waals surface area contributed by atoms with E-state index in [1.165, 1.54) is 38.0 Å². The first-order valence-electron chi connectivity index (χ1n) is 5.07. The molecule has 0 saturated carbocycles. The van der Waals surface area contributed by atoms with Crippen LogP contribution in [-0.4, -0.2) is 13.1 Å². The minimum Gasteiger partial charge on any atom is -0.398 e. The van der Waals surface area contributed by atoms with Gasteiger partial charge in [0.05, 0.1) is 0 Å². The quantitative estimate of drug-likeness (QED) is 0.638. The Morgan fingerprint density at radius 2 is 1.86 bits per heavy atom. The fourth-order valence-electron chi connectivity index (χ4n) is 1.86. The number of nitrogen functional groups attached to an aromatic ring is 1. The van der Waals surface area contributed by atoms with Gasteiger partial charge in [-0.05, 0) is 60.1 Å². The first-order valence-corrected chi connectivity index (χ1v) is 6.15. The highest BCUT2D eigenvalue weighted by Gasteiger charge is 2.11. The zero-order valence-corrected chi connectivity index (χ0v) is 10.3. The molecule has 76 valence electrons. The number of halogens is 1. The van der Waals surface area contributed by atoms with E-state index in [0.29, 0.717) is 0 Å². The van der Waals surface area contributed by atoms with Crippen molar-refractivity contribution in [2.45, 2.75) is 19.3 Å². The summed E-state index contributed by atoms with van der Waals surface area (Å²) in [6.07, 6.45) is 4.02. The Bertz CT molecular complexity index is 319. The molecule has 0 aromatic heterocycles. The predicted molar refractivity (Wildman–Crippen MR) is 69.6 cm³/mol. The molecule has 14 heavy (non-hydrogen) atoms. The predicted octanol–water partition coefficient (Wildman–Crippen LogP) is 2.86. The van der Waals surface area contributed by atoms with Gasteiger partial charge in [0.25, 0.3) is 0 Å². The van der Waals surface area contributed by atoms with Gasteiger partial charge in [-0.25, -0.2) is 0 Å². The summed E-state index contributed by atoms with van der Waals surface area (Å²) in [4.78, 5) is 2.45. The van der Waals surface area contributed by atoms with Crippen LogP contribution < -0.4 is 10.6 Å². The van der Waals surface area contributed by atoms with Crippen LogP contribution in [0.1, 0.15) is 19.3 Å². The van der Waals surface area contributed by atoms with Crippen molar-refractivity contribution in [1.82, 2.24) is 0 Å². The zero-order chi connectivity index (χ0) is 9.97. The van der Waals surface area contributed by atoms with E-state index in [2.05, 4.69) is 39.6 Å². The molecule has 1 aromatic rings. The second-order valence-electron chi connectivity index (χ2n) is 3.75. The molecule has 1 aliphatic rings. The number of rotatable bonds is 1. The molecule has 0 atom stereocenters. The molecule has 0 amide bonds. The van der Waals surface area contributed by atoms with Crippen molar-refractivity contribution in [3.05, 3.63) is 21.8 Å². The molecular weight excluding hydrogens is 287 g/mol. The molecule has 1 aromatic carbocycles. The second kappa shape index (κ2) is 4.38. The van der Waals surface area contributed by atoms with Crippen LogP contribution in [0.25, 0.3) is 0 Å². The van der Waals surface area contributed by atoms with E-state index < -0.39 is 0 Å². The Balaban J connectivity index is 2.18. The van der Waals surface area contributed by atoms with E-state index in [0.717, 1.165) is 9.26 Å². The summed E-state index contributed by atoms with van der Waals surface area (Å²) in [5.74, 6) is 0. The summed E-state index contributed by atoms with van der Waals surface area (Å²) in [5.41, 5.74) is 8.00. The SMILES string of the molecule is Nc1ccc(N2CCCCC2)cc1I. The molecule has 1 heterocycles. The van der Waals surface area contributed by atoms with Crippen molar-refractivity contribution in [3.8, 4) is 0 Å². The van der Waals surface area contributed by atoms with Crippen molar-refractivity contribution >= 4 is 34.0 Å². The number of hydrogen-bond acceptors (Lipinski definition) is 2. The lowest BCUT2D eigenvalue weighted by Gasteiger charge is -2.29. The molecule has 0 bridgehead atoms. The monoisotopic (exact) mass is 302 g/mol. The van der Waals surface area contributed by atoms with Crippen LogP contribution in [0, 0.1) is 3.57 Å². The van der Waals surface area contributed by atoms with Gasteiger partial charge in [-0.15, -0.1) is 0 Å². The van der Waals surface area contributed by atoms with Gasteiger partial charge in [0, 0.05) is 28.0 Å². The summed E-state index contributed by atoms with van der Waals surface area (Å²) >= 11 is 2.29. The first-order chi connectivity index (χ1) is 6.77. The normalized spacial score (nSPS) is 17.1. The summed E-state index contributed by atoms with van der Waals surface area (Å²) in [6, 6.07) is 6.32. The Morgan fingerprint density at radius 1 is 1.14 bits per heavy atom. The lowest BCUT2D eigenvalue weighted by molar-refractivity contribution is 0.578. The smallest absolute Gasteiger partial charge is 0.0451 e. The molecule has 0 spiro atoms. The molecule has 1 saturated heterocycles. The zero-order valence-electron chi connectivity index (χ0n) is 8.17. The number of piperidine rings is 1. The number of anilines is 2. The summed E-state index contributed by atoms with van der Waals surface area (Å²) in [6.45, 7) is 2.39. The van der Waals surface area contributed by atoms with Crippen molar-refractivity contribution in [1.29, 1.82) is 0 Å². The van der Waals surface area contributed by atoms with Crippen LogP contribution in [0.3, 0.4) is 0 Å². The number of benzene rings is 1. The third-order valence-electron chi connectivity index (χ3n) is 2.71. The van der Waals surface area contributed by atoms with Crippen LogP contribution in [0.4, 0.5) is 11.4 Å². The highest BCUT2D eigenvalue weighted by Crippen LogP contribution is 2.24. The molecular formula is C11H15IN2. The second-order valence-corrected chi connectivity index (χ2v) is 4.92. The van der Waals surface area contributed by atoms with Gasteiger partial charge in [0.2, 0.25) is 0 Å². The third kappa shape index (κ3) is 2.13. The van der Waals surface area contributed by atoms with Gasteiger partial charge in [-0.3, -0.25) is 0 Å². The maximum Gasteiger partial charge on any atom is 0.0451 e. The number of nitrogens with zero attached hydrogens (tertiary/aromatic N) is 1. The minimum atomic E-state index is 0.881. The van der Waals surface area contributed by atoms with Gasteiger partial charge in [0.15, 0.2) is 0 Å². The third-order valence-corrected chi connectivity index (χ3v) is 3.64. The molecule has 2 N–H and O–H groups in total. The Hall–Kier alpha value is -0.450. The van der Waals surface area contributed by atoms with Crippen LogP contribution in [0.5, 0.6) is 0 Å². The number of nitrogens with two attached hydrogens (primary N) is 1. The molecule has 0 aliphatic carbocycles. The summed E-state index contributed by atoms with van der Waals surface area (Å²) < 4.78 is 1.16. The fourth-order valence-corrected chi connectivity index (χ4v) is 2.36. The van der Waals surface area contributed by atoms with Crippen molar-refractivity contribution < 1.29 is 0 Å². The fraction of sp³-hybridized carbons (Fsp3) is 0.455. The van der Waals surface area contributed by atoms with Crippen LogP contribution in [0.2, 0.25) is 0 Å². The van der Waals surface area contributed by atoms with Gasteiger partial charge in [-0.2, -0.15) is 0 Å². The Labute approximate surface area is 98.6 Å². The molecule has 2 nitrogen and oxygen atoms in total. The van der Waals surface area contributed by atoms with E-state index in [9.17, 15) is 0 Å². The van der Waals surface area contributed by atoms with E-state index in [1.54, 1.807) is 0 Å². The average molecular weight is 302 g/mol. The Morgan fingerprint density at radius 3 is 2.50 bits per heavy atom. The maximum absolute atomic E-state index is 5.79. The lowest BCUT2D eigenvalue weighted by Crippen LogP contribution is -2.29. The van der Waals surface area contributed by atoms with Crippen LogP contribution in [0.15, 0.2) is 18.2 Å². The Kier molecular flexibility index (Phi) is 3.15. The molecule has 0 unspecified atom stereocenters. The lowest BCUT2D eigenvalue weighted by atomic mass is 10.1. The van der Waals surface area contributed by atoms with Gasteiger partial charge in [0.1, 0.15) is 0 Å². The van der Waals surface area contributed by atoms with Crippen molar-refractivity contribution in [2.75, 3.05) is 23.7 Å². The molecule has 1 aliphatic heterocycles. The highest BCUT2D eigenvalue weighted by molar-refractivity contribution is 14.1. The van der Waals surface area contributed by atoms with Gasteiger partial charge >= 0.3 is 0 Å². The van der Waals surface area contributed by atoms with E-state index in [-0.39, 0.29) is 0 Å². The molecule has 3 heteroatoms. The summed E-state index contributed by atoms with van der Waals surface area (Å²) in [7, 11) is 0. The van der Waals surface area contributed by atoms with E-state index in [4.69, 9.17) is 5.73 Å². The topological polar surface area (TPSA) is 29.3 Å². The average Bonchev–Trinajstić information content (AvgIpc) is 2.23. The molecule has 0 radical (unpaired) electrons. The van der Waals surface area contributed by atoms with Gasteiger partial charge < -0.3 is 10.6 Å². The van der Waals surface area contributed by atoms with Crippen LogP contribution >= 0.6 is 22.6 Å². The molecule has 1 fully saturated rings. The first kappa shape index (κ1) is 10.1. The van der Waals surface area contributed by atoms with Crippen LogP contribution in [-0.2, 0) is 0 Å². The van der Waals surface area contributed by atoms with E-state index in [1.807, 2.05) is 6.07 Å². The number of hydrogen-bond donors (Lipinski definition) is 1. The maximum atomic E-state index is 5.79.